The lowest BCUT2D eigenvalue weighted by Gasteiger charge is -2.38. The Morgan fingerprint density at radius 1 is 0.920 bits per heavy atom. The molecule has 0 heterocycles. The molecular formula is C23H35NO. The van der Waals surface area contributed by atoms with Crippen molar-refractivity contribution >= 4 is 5.71 Å². The van der Waals surface area contributed by atoms with Gasteiger partial charge in [-0.1, -0.05) is 62.0 Å². The van der Waals surface area contributed by atoms with Crippen LogP contribution in [0, 0.1) is 17.8 Å². The van der Waals surface area contributed by atoms with E-state index < -0.39 is 0 Å². The average molecular weight is 342 g/mol. The van der Waals surface area contributed by atoms with Gasteiger partial charge >= 0.3 is 0 Å². The second-order valence-electron chi connectivity index (χ2n) is 8.49. The van der Waals surface area contributed by atoms with E-state index in [1.165, 1.54) is 69.8 Å². The van der Waals surface area contributed by atoms with Crippen LogP contribution in [0.5, 0.6) is 0 Å². The summed E-state index contributed by atoms with van der Waals surface area (Å²) in [5.41, 5.74) is 3.18. The highest BCUT2D eigenvalue weighted by atomic mass is 16.4. The third-order valence-electron chi connectivity index (χ3n) is 6.98. The van der Waals surface area contributed by atoms with Gasteiger partial charge in [0.2, 0.25) is 0 Å². The number of oxime groups is 1. The lowest BCUT2D eigenvalue weighted by molar-refractivity contribution is 0.156. The van der Waals surface area contributed by atoms with Crippen LogP contribution in [0.3, 0.4) is 0 Å². The highest BCUT2D eigenvalue weighted by molar-refractivity contribution is 5.98. The molecule has 1 N–H and O–H groups in total. The van der Waals surface area contributed by atoms with Gasteiger partial charge in [0.1, 0.15) is 0 Å². The Morgan fingerprint density at radius 2 is 1.48 bits per heavy atom. The summed E-state index contributed by atoms with van der Waals surface area (Å²) in [6, 6.07) is 8.69. The predicted octanol–water partition coefficient (Wildman–Crippen LogP) is 6.77. The van der Waals surface area contributed by atoms with Gasteiger partial charge in [-0.05, 0) is 80.2 Å². The molecule has 2 heteroatoms. The van der Waals surface area contributed by atoms with Crippen LogP contribution >= 0.6 is 0 Å². The van der Waals surface area contributed by atoms with Gasteiger partial charge in [0, 0.05) is 0 Å². The van der Waals surface area contributed by atoms with Crippen LogP contribution in [-0.4, -0.2) is 10.9 Å². The van der Waals surface area contributed by atoms with Gasteiger partial charge in [-0.15, -0.1) is 0 Å². The summed E-state index contributed by atoms with van der Waals surface area (Å²) in [5.74, 6) is 3.76. The van der Waals surface area contributed by atoms with Crippen LogP contribution in [0.2, 0.25) is 0 Å². The van der Waals surface area contributed by atoms with Crippen molar-refractivity contribution in [3.05, 3.63) is 35.4 Å². The first-order chi connectivity index (χ1) is 12.2. The first-order valence-corrected chi connectivity index (χ1v) is 10.5. The van der Waals surface area contributed by atoms with Crippen molar-refractivity contribution in [1.29, 1.82) is 0 Å². The largest absolute Gasteiger partial charge is 0.411 e. The third kappa shape index (κ3) is 4.65. The van der Waals surface area contributed by atoms with Gasteiger partial charge in [-0.25, -0.2) is 0 Å². The second-order valence-corrected chi connectivity index (χ2v) is 8.49. The van der Waals surface area contributed by atoms with Crippen molar-refractivity contribution < 1.29 is 5.21 Å². The fourth-order valence-electron chi connectivity index (χ4n) is 5.33. The molecule has 25 heavy (non-hydrogen) atoms. The standard InChI is InChI=1S/C23H35NO/c1-3-4-18-5-7-20(8-6-18)22-13-15-23(16-14-22)21-11-9-19(10-12-21)17(2)24-25/h9-12,18,20,22-23,25H,3-8,13-16H2,1-2H3. The summed E-state index contributed by atoms with van der Waals surface area (Å²) >= 11 is 0. The molecule has 2 aliphatic rings. The fraction of sp³-hybridized carbons (Fsp3) is 0.696. The lowest BCUT2D eigenvalue weighted by atomic mass is 9.68. The maximum absolute atomic E-state index is 8.89. The molecule has 2 saturated carbocycles. The average Bonchev–Trinajstić information content (AvgIpc) is 2.68. The minimum absolute atomic E-state index is 0.689. The lowest BCUT2D eigenvalue weighted by Crippen LogP contribution is -2.25. The monoisotopic (exact) mass is 341 g/mol. The summed E-state index contributed by atoms with van der Waals surface area (Å²) in [5, 5.41) is 12.2. The van der Waals surface area contributed by atoms with E-state index in [2.05, 4.69) is 36.3 Å². The van der Waals surface area contributed by atoms with Gasteiger partial charge in [0.05, 0.1) is 5.71 Å². The van der Waals surface area contributed by atoms with E-state index in [4.69, 9.17) is 5.21 Å². The molecule has 0 amide bonds. The van der Waals surface area contributed by atoms with E-state index in [-0.39, 0.29) is 0 Å². The third-order valence-corrected chi connectivity index (χ3v) is 6.98. The van der Waals surface area contributed by atoms with E-state index in [0.29, 0.717) is 5.71 Å². The van der Waals surface area contributed by atoms with Gasteiger partial charge < -0.3 is 5.21 Å². The Labute approximate surface area is 153 Å². The Kier molecular flexibility index (Phi) is 6.56. The molecule has 0 radical (unpaired) electrons. The summed E-state index contributed by atoms with van der Waals surface area (Å²) in [7, 11) is 0. The zero-order chi connectivity index (χ0) is 17.6. The molecule has 138 valence electrons. The summed E-state index contributed by atoms with van der Waals surface area (Å²) in [6.45, 7) is 4.17. The first kappa shape index (κ1) is 18.5. The van der Waals surface area contributed by atoms with Crippen LogP contribution in [0.15, 0.2) is 29.4 Å². The Bertz CT molecular complexity index is 546. The molecule has 0 bridgehead atoms. The maximum atomic E-state index is 8.89. The molecule has 3 rings (SSSR count). The van der Waals surface area contributed by atoms with Crippen molar-refractivity contribution in [2.75, 3.05) is 0 Å². The maximum Gasteiger partial charge on any atom is 0.0836 e. The topological polar surface area (TPSA) is 32.6 Å². The van der Waals surface area contributed by atoms with E-state index in [0.717, 1.165) is 29.2 Å². The van der Waals surface area contributed by atoms with Crippen LogP contribution in [0.1, 0.15) is 95.1 Å². The molecule has 1 aromatic rings. The van der Waals surface area contributed by atoms with Gasteiger partial charge in [-0.3, -0.25) is 0 Å². The number of nitrogens with zero attached hydrogens (tertiary/aromatic N) is 1. The second kappa shape index (κ2) is 8.87. The van der Waals surface area contributed by atoms with Gasteiger partial charge in [0.25, 0.3) is 0 Å². The first-order valence-electron chi connectivity index (χ1n) is 10.5. The summed E-state index contributed by atoms with van der Waals surface area (Å²) < 4.78 is 0. The minimum Gasteiger partial charge on any atom is -0.411 e. The quantitative estimate of drug-likeness (QED) is 0.358. The molecule has 0 aromatic heterocycles. The zero-order valence-corrected chi connectivity index (χ0v) is 16.1. The van der Waals surface area contributed by atoms with Crippen molar-refractivity contribution in [2.24, 2.45) is 22.9 Å². The molecule has 2 nitrogen and oxygen atoms in total. The number of hydrogen-bond acceptors (Lipinski definition) is 2. The molecule has 0 saturated heterocycles. The molecule has 0 aliphatic heterocycles. The van der Waals surface area contributed by atoms with Crippen molar-refractivity contribution in [3.63, 3.8) is 0 Å². The van der Waals surface area contributed by atoms with Crippen molar-refractivity contribution in [2.45, 2.75) is 84.0 Å². The molecule has 0 unspecified atom stereocenters. The summed E-state index contributed by atoms with van der Waals surface area (Å²) in [6.07, 6.45) is 14.3. The van der Waals surface area contributed by atoms with Gasteiger partial charge in [0.15, 0.2) is 0 Å². The Morgan fingerprint density at radius 3 is 2.00 bits per heavy atom. The van der Waals surface area contributed by atoms with Crippen LogP contribution in [0.4, 0.5) is 0 Å². The van der Waals surface area contributed by atoms with E-state index >= 15 is 0 Å². The van der Waals surface area contributed by atoms with E-state index in [1.807, 2.05) is 6.92 Å². The zero-order valence-electron chi connectivity index (χ0n) is 16.1. The highest BCUT2D eigenvalue weighted by Gasteiger charge is 2.31. The predicted molar refractivity (Wildman–Crippen MR) is 105 cm³/mol. The molecule has 0 spiro atoms. The smallest absolute Gasteiger partial charge is 0.0836 e. The van der Waals surface area contributed by atoms with Crippen molar-refractivity contribution in [3.8, 4) is 0 Å². The van der Waals surface area contributed by atoms with E-state index in [9.17, 15) is 0 Å². The number of hydrogen-bond donors (Lipinski definition) is 1. The SMILES string of the molecule is CCCC1CCC(C2CCC(c3ccc(C(C)=NO)cc3)CC2)CC1. The van der Waals surface area contributed by atoms with Crippen molar-refractivity contribution in [1.82, 2.24) is 0 Å². The van der Waals surface area contributed by atoms with Crippen LogP contribution < -0.4 is 0 Å². The number of rotatable bonds is 5. The van der Waals surface area contributed by atoms with Gasteiger partial charge in [-0.2, -0.15) is 0 Å². The Balaban J connectivity index is 1.49. The van der Waals surface area contributed by atoms with Crippen LogP contribution in [-0.2, 0) is 0 Å². The molecule has 0 atom stereocenters. The molecule has 1 aromatic carbocycles. The normalized spacial score (nSPS) is 31.0. The Hall–Kier alpha value is -1.31. The molecular weight excluding hydrogens is 306 g/mol. The molecule has 2 fully saturated rings. The minimum atomic E-state index is 0.689. The van der Waals surface area contributed by atoms with Crippen LogP contribution in [0.25, 0.3) is 0 Å². The molecule has 2 aliphatic carbocycles. The summed E-state index contributed by atoms with van der Waals surface area (Å²) in [4.78, 5) is 0. The van der Waals surface area contributed by atoms with E-state index in [1.54, 1.807) is 0 Å². The highest BCUT2D eigenvalue weighted by Crippen LogP contribution is 2.44. The fourth-order valence-corrected chi connectivity index (χ4v) is 5.33. The number of benzene rings is 1.